The first-order valence-electron chi connectivity index (χ1n) is 16.1. The van der Waals surface area contributed by atoms with E-state index in [-0.39, 0.29) is 28.9 Å². The van der Waals surface area contributed by atoms with Crippen molar-refractivity contribution in [1.82, 2.24) is 20.5 Å². The fourth-order valence-electron chi connectivity index (χ4n) is 4.92. The number of aryl methyl sites for hydroxylation is 3. The fraction of sp³-hybridized carbons (Fsp3) is 0.484. The number of oxime groups is 1. The lowest BCUT2D eigenvalue weighted by Crippen LogP contribution is -2.52. The second kappa shape index (κ2) is 19.8. The maximum absolute atomic E-state index is 13.0. The maximum atomic E-state index is 13.0. The number of aliphatic carboxylic acids is 1. The number of nitrogen functional groups attached to an aromatic ring is 1. The Morgan fingerprint density at radius 2 is 2.04 bits per heavy atom. The lowest BCUT2D eigenvalue weighted by molar-refractivity contribution is -0.775. The highest BCUT2D eigenvalue weighted by Crippen LogP contribution is 2.36. The second-order valence-electron chi connectivity index (χ2n) is 11.9. The Hall–Kier alpha value is -4.47. The van der Waals surface area contributed by atoms with E-state index >= 15 is 0 Å². The van der Waals surface area contributed by atoms with Crippen LogP contribution in [0.4, 0.5) is 5.13 Å². The molecule has 3 aromatic rings. The Morgan fingerprint density at radius 1 is 1.29 bits per heavy atom. The molecule has 18 nitrogen and oxygen atoms in total. The van der Waals surface area contributed by atoms with Gasteiger partial charge in [0.1, 0.15) is 11.4 Å². The van der Waals surface area contributed by atoms with Crippen LogP contribution in [0.15, 0.2) is 41.1 Å². The molecule has 0 saturated heterocycles. The number of nitrogens with one attached hydrogen (secondary N) is 2. The van der Waals surface area contributed by atoms with Crippen molar-refractivity contribution in [3.63, 3.8) is 0 Å². The Morgan fingerprint density at radius 3 is 2.63 bits per heavy atom. The van der Waals surface area contributed by atoms with E-state index in [1.807, 2.05) is 26.0 Å². The minimum Gasteiger partial charge on any atom is -0.485 e. The summed E-state index contributed by atoms with van der Waals surface area (Å²) in [6.07, 6.45) is 6.15. The van der Waals surface area contributed by atoms with Gasteiger partial charge in [-0.25, -0.2) is 15.3 Å². The van der Waals surface area contributed by atoms with Crippen molar-refractivity contribution < 1.29 is 46.8 Å². The molecule has 0 radical (unpaired) electrons. The number of carbonyl (C=O) groups excluding carboxylic acids is 2. The maximum Gasteiger partial charge on any atom is 0.354 e. The van der Waals surface area contributed by atoms with Gasteiger partial charge in [-0.2, -0.15) is 8.89 Å². The van der Waals surface area contributed by atoms with Crippen LogP contribution in [0.5, 0.6) is 5.75 Å². The van der Waals surface area contributed by atoms with E-state index in [9.17, 15) is 23.7 Å². The second-order valence-corrected chi connectivity index (χ2v) is 13.4. The molecule has 0 aliphatic carbocycles. The van der Waals surface area contributed by atoms with Crippen molar-refractivity contribution in [2.24, 2.45) is 22.5 Å². The third kappa shape index (κ3) is 11.8. The zero-order valence-electron chi connectivity index (χ0n) is 28.6. The quantitative estimate of drug-likeness (QED) is 0.0311. The number of hydrogen-bond donors (Lipinski definition) is 7. The van der Waals surface area contributed by atoms with Crippen molar-refractivity contribution in [1.29, 1.82) is 0 Å². The highest BCUT2D eigenvalue weighted by molar-refractivity contribution is 7.74. The highest BCUT2D eigenvalue weighted by atomic mass is 32.2. The number of nitrogens with zero attached hydrogens (tertiary/aromatic N) is 4. The number of hydroxylamine groups is 1. The van der Waals surface area contributed by atoms with E-state index in [4.69, 9.17) is 31.3 Å². The number of carboxylic acids is 1. The number of thiazole rings is 1. The van der Waals surface area contributed by atoms with Crippen LogP contribution in [0.2, 0.25) is 0 Å². The number of nitrogens with two attached hydrogens (primary N) is 3. The van der Waals surface area contributed by atoms with Crippen LogP contribution in [0.1, 0.15) is 51.3 Å². The number of amides is 2. The van der Waals surface area contributed by atoms with Crippen LogP contribution in [0.3, 0.4) is 0 Å². The zero-order valence-corrected chi connectivity index (χ0v) is 30.3. The number of fused-ring (bicyclic) bond motifs is 1. The minimum absolute atomic E-state index is 0.147. The number of aromatic nitrogens is 3. The van der Waals surface area contributed by atoms with E-state index in [1.165, 1.54) is 12.4 Å². The predicted molar refractivity (Wildman–Crippen MR) is 189 cm³/mol. The number of ether oxygens (including phenoxy) is 1. The van der Waals surface area contributed by atoms with Crippen molar-refractivity contribution >= 4 is 51.8 Å². The van der Waals surface area contributed by atoms with Gasteiger partial charge in [0, 0.05) is 18.3 Å². The molecule has 20 heteroatoms. The van der Waals surface area contributed by atoms with Gasteiger partial charge in [0.15, 0.2) is 23.5 Å². The zero-order chi connectivity index (χ0) is 37.6. The van der Waals surface area contributed by atoms with E-state index < -0.39 is 34.9 Å². The Labute approximate surface area is 301 Å². The van der Waals surface area contributed by atoms with E-state index in [0.717, 1.165) is 54.0 Å². The average molecular weight is 753 g/mol. The molecule has 1 aromatic carbocycles. The summed E-state index contributed by atoms with van der Waals surface area (Å²) in [6, 6.07) is 5.88. The first-order valence-corrected chi connectivity index (χ1v) is 18.0. The molecule has 3 unspecified atom stereocenters. The number of anilines is 1. The number of rotatable bonds is 18. The van der Waals surface area contributed by atoms with Gasteiger partial charge in [0.25, 0.3) is 11.5 Å². The van der Waals surface area contributed by atoms with Crippen molar-refractivity contribution in [3.05, 3.63) is 47.2 Å². The monoisotopic (exact) mass is 752 g/mol. The standard InChI is InChI=1S/C30H42N8O5S.CH3NO4S/c1-19(2)15-34-27(39)26(23-18-44-29(33)35-23)36-43-30(3,28(40)41)25-9-7-21-14-20(6-8-24(21)42-25)22-16-37(12-4-10-31)38(17-22)13-5-11-32;3-1-2-6-7(4)5/h6,8,14,16-19,25H,4-5,7,9-13,15,31-32H2,1-3H3,(H3-,33,34,35,39,40,41);1H,(H,2,3)(H,4,5)/p+1/b36-26-;. The van der Waals surface area contributed by atoms with Crippen molar-refractivity contribution in [2.45, 2.75) is 71.2 Å². The van der Waals surface area contributed by atoms with Gasteiger partial charge < -0.3 is 37.2 Å². The van der Waals surface area contributed by atoms with Crippen LogP contribution >= 0.6 is 11.3 Å². The first kappa shape index (κ1) is 41.0. The first-order chi connectivity index (χ1) is 24.3. The summed E-state index contributed by atoms with van der Waals surface area (Å²) in [7, 11) is 0. The summed E-state index contributed by atoms with van der Waals surface area (Å²) in [5, 5.41) is 18.9. The molecule has 280 valence electrons. The van der Waals surface area contributed by atoms with Gasteiger partial charge in [-0.05, 0) is 68.5 Å². The van der Waals surface area contributed by atoms with Crippen LogP contribution in [-0.4, -0.2) is 78.9 Å². The Bertz CT molecular complexity index is 1660. The lowest BCUT2D eigenvalue weighted by atomic mass is 9.90. The molecule has 3 heterocycles. The molecule has 3 atom stereocenters. The third-order valence-corrected chi connectivity index (χ3v) is 8.52. The summed E-state index contributed by atoms with van der Waals surface area (Å²) < 4.78 is 31.3. The van der Waals surface area contributed by atoms with E-state index in [2.05, 4.69) is 47.6 Å². The third-order valence-electron chi connectivity index (χ3n) is 7.61. The SMILES string of the molecule is CC(C)CNC(=O)/C(=N\OC(C)(C(=O)O)C1CCc2cc(-c3cn(CCCN)[n+](CCCN)c3)ccc2O1)c1csc(N)n1.O=CNOS(=O)O. The van der Waals surface area contributed by atoms with Crippen molar-refractivity contribution in [3.8, 4) is 16.9 Å². The molecule has 0 fully saturated rings. The number of benzene rings is 1. The minimum atomic E-state index is -2.41. The van der Waals surface area contributed by atoms with Gasteiger partial charge in [0.05, 0.1) is 18.3 Å². The number of hydrogen-bond acceptors (Lipinski definition) is 13. The van der Waals surface area contributed by atoms with Gasteiger partial charge in [-0.15, -0.1) is 20.3 Å². The van der Waals surface area contributed by atoms with Crippen LogP contribution in [-0.2, 0) is 54.4 Å². The summed E-state index contributed by atoms with van der Waals surface area (Å²) in [5.41, 5.74) is 20.0. The highest BCUT2D eigenvalue weighted by Gasteiger charge is 2.48. The molecule has 0 saturated carbocycles. The molecule has 1 aliphatic rings. The largest absolute Gasteiger partial charge is 0.485 e. The van der Waals surface area contributed by atoms with E-state index in [1.54, 1.807) is 5.38 Å². The van der Waals surface area contributed by atoms with Crippen LogP contribution in [0, 0.1) is 5.92 Å². The molecule has 2 aromatic heterocycles. The topological polar surface area (TPSA) is 273 Å². The van der Waals surface area contributed by atoms with Gasteiger partial charge in [-0.1, -0.05) is 25.1 Å². The Balaban J connectivity index is 0.000000908. The summed E-state index contributed by atoms with van der Waals surface area (Å²) in [5.74, 6) is -1.05. The smallest absolute Gasteiger partial charge is 0.354 e. The number of carbonyl (C=O) groups is 3. The molecule has 4 rings (SSSR count). The predicted octanol–water partition coefficient (Wildman–Crippen LogP) is 0.710. The molecule has 10 N–H and O–H groups in total. The molecular formula is C31H46N9O9S2+. The summed E-state index contributed by atoms with van der Waals surface area (Å²) in [4.78, 5) is 44.6. The molecule has 0 spiro atoms. The molecule has 51 heavy (non-hydrogen) atoms. The van der Waals surface area contributed by atoms with Gasteiger partial charge >= 0.3 is 17.3 Å². The van der Waals surface area contributed by atoms with Gasteiger partial charge in [-0.3, -0.25) is 14.1 Å². The lowest BCUT2D eigenvalue weighted by Gasteiger charge is -2.35. The van der Waals surface area contributed by atoms with Crippen LogP contribution in [0.25, 0.3) is 11.1 Å². The normalized spacial score (nSPS) is 15.7. The number of carboxylic acid groups (broad SMARTS) is 1. The van der Waals surface area contributed by atoms with Gasteiger partial charge in [0.2, 0.25) is 12.6 Å². The average Bonchev–Trinajstić information content (AvgIpc) is 3.73. The van der Waals surface area contributed by atoms with Crippen molar-refractivity contribution in [2.75, 3.05) is 25.4 Å². The molecular weight excluding hydrogens is 707 g/mol. The summed E-state index contributed by atoms with van der Waals surface area (Å²) in [6.45, 7) is 8.53. The Kier molecular flexibility index (Phi) is 15.9. The van der Waals surface area contributed by atoms with Crippen LogP contribution < -0.4 is 37.4 Å². The fourth-order valence-corrected chi connectivity index (χ4v) is 5.59. The molecule has 2 amide bonds. The molecule has 1 aliphatic heterocycles. The summed E-state index contributed by atoms with van der Waals surface area (Å²) >= 11 is -1.27. The molecule has 0 bridgehead atoms. The van der Waals surface area contributed by atoms with E-state index in [0.29, 0.717) is 38.2 Å².